The maximum atomic E-state index is 9.86. The van der Waals surface area contributed by atoms with Crippen LogP contribution in [0.1, 0.15) is 44.9 Å². The van der Waals surface area contributed by atoms with Gasteiger partial charge in [-0.15, -0.1) is 0 Å². The van der Waals surface area contributed by atoms with E-state index in [1.165, 1.54) is 5.56 Å². The predicted molar refractivity (Wildman–Crippen MR) is 90.0 cm³/mol. The van der Waals surface area contributed by atoms with Gasteiger partial charge in [0, 0.05) is 10.0 Å². The molecule has 0 aliphatic rings. The molecule has 1 atom stereocenters. The van der Waals surface area contributed by atoms with Crippen molar-refractivity contribution in [3.05, 3.63) is 58.1 Å². The van der Waals surface area contributed by atoms with Crippen LogP contribution in [-0.2, 0) is 5.41 Å². The Balaban J connectivity index is 2.26. The lowest BCUT2D eigenvalue weighted by Gasteiger charge is -2.19. The third-order valence-electron chi connectivity index (χ3n) is 3.37. The van der Waals surface area contributed by atoms with E-state index < -0.39 is 6.10 Å². The highest BCUT2D eigenvalue weighted by Crippen LogP contribution is 2.33. The molecule has 0 bridgehead atoms. The average Bonchev–Trinajstić information content (AvgIpc) is 2.40. The van der Waals surface area contributed by atoms with E-state index in [1.54, 1.807) is 6.92 Å². The van der Waals surface area contributed by atoms with Crippen molar-refractivity contribution in [3.8, 4) is 11.5 Å². The summed E-state index contributed by atoms with van der Waals surface area (Å²) in [7, 11) is 0. The Hall–Kier alpha value is -1.32. The van der Waals surface area contributed by atoms with Crippen LogP contribution in [0.3, 0.4) is 0 Å². The first kappa shape index (κ1) is 16.1. The molecule has 0 saturated carbocycles. The second-order valence-corrected chi connectivity index (χ2v) is 7.15. The molecule has 0 spiro atoms. The first-order valence-corrected chi connectivity index (χ1v) is 7.82. The number of aliphatic hydroxyl groups is 1. The van der Waals surface area contributed by atoms with Crippen molar-refractivity contribution in [3.63, 3.8) is 0 Å². The van der Waals surface area contributed by atoms with Crippen LogP contribution in [-0.4, -0.2) is 5.11 Å². The molecular weight excluding hydrogens is 328 g/mol. The quantitative estimate of drug-likeness (QED) is 0.782. The normalized spacial score (nSPS) is 13.0. The van der Waals surface area contributed by atoms with E-state index in [4.69, 9.17) is 4.74 Å². The SMILES string of the molecule is CC(O)c1cc(Br)ccc1Oc1ccc(C(C)(C)C)cc1. The summed E-state index contributed by atoms with van der Waals surface area (Å²) in [6.07, 6.45) is -0.577. The number of halogens is 1. The lowest BCUT2D eigenvalue weighted by molar-refractivity contribution is 0.195. The summed E-state index contributed by atoms with van der Waals surface area (Å²) in [5.41, 5.74) is 2.16. The van der Waals surface area contributed by atoms with Crippen LogP contribution in [0.15, 0.2) is 46.9 Å². The molecular formula is C18H21BrO2. The van der Waals surface area contributed by atoms with E-state index in [9.17, 15) is 5.11 Å². The van der Waals surface area contributed by atoms with Crippen LogP contribution in [0.2, 0.25) is 0 Å². The zero-order chi connectivity index (χ0) is 15.6. The van der Waals surface area contributed by atoms with Gasteiger partial charge in [-0.25, -0.2) is 0 Å². The first-order valence-electron chi connectivity index (χ1n) is 7.03. The molecule has 0 saturated heterocycles. The number of hydrogen-bond donors (Lipinski definition) is 1. The van der Waals surface area contributed by atoms with Gasteiger partial charge in [-0.05, 0) is 48.2 Å². The molecule has 0 fully saturated rings. The maximum absolute atomic E-state index is 9.86. The third kappa shape index (κ3) is 4.08. The minimum absolute atomic E-state index is 0.126. The first-order chi connectivity index (χ1) is 9.77. The molecule has 1 N–H and O–H groups in total. The fraction of sp³-hybridized carbons (Fsp3) is 0.333. The molecule has 2 aromatic rings. The molecule has 21 heavy (non-hydrogen) atoms. The second-order valence-electron chi connectivity index (χ2n) is 6.23. The van der Waals surface area contributed by atoms with Gasteiger partial charge in [-0.2, -0.15) is 0 Å². The Morgan fingerprint density at radius 2 is 1.67 bits per heavy atom. The van der Waals surface area contributed by atoms with Crippen LogP contribution in [0, 0.1) is 0 Å². The Labute approximate surface area is 134 Å². The zero-order valence-corrected chi connectivity index (χ0v) is 14.4. The van der Waals surface area contributed by atoms with Crippen LogP contribution >= 0.6 is 15.9 Å². The van der Waals surface area contributed by atoms with Gasteiger partial charge < -0.3 is 9.84 Å². The fourth-order valence-electron chi connectivity index (χ4n) is 2.09. The van der Waals surface area contributed by atoms with Gasteiger partial charge in [0.1, 0.15) is 11.5 Å². The molecule has 0 aliphatic carbocycles. The van der Waals surface area contributed by atoms with Crippen LogP contribution in [0.4, 0.5) is 0 Å². The fourth-order valence-corrected chi connectivity index (χ4v) is 2.47. The van der Waals surface area contributed by atoms with Crippen LogP contribution < -0.4 is 4.74 Å². The molecule has 0 heterocycles. The molecule has 0 amide bonds. The third-order valence-corrected chi connectivity index (χ3v) is 3.86. The monoisotopic (exact) mass is 348 g/mol. The lowest BCUT2D eigenvalue weighted by atomic mass is 9.87. The van der Waals surface area contributed by atoms with Crippen molar-refractivity contribution in [1.29, 1.82) is 0 Å². The summed E-state index contributed by atoms with van der Waals surface area (Å²) in [6.45, 7) is 8.28. The zero-order valence-electron chi connectivity index (χ0n) is 12.9. The van der Waals surface area contributed by atoms with Gasteiger partial charge in [-0.1, -0.05) is 48.8 Å². The van der Waals surface area contributed by atoms with Crippen molar-refractivity contribution in [2.45, 2.75) is 39.2 Å². The number of benzene rings is 2. The molecule has 0 radical (unpaired) electrons. The summed E-state index contributed by atoms with van der Waals surface area (Å²) in [5, 5.41) is 9.86. The highest BCUT2D eigenvalue weighted by molar-refractivity contribution is 9.10. The molecule has 2 aromatic carbocycles. The molecule has 2 rings (SSSR count). The van der Waals surface area contributed by atoms with E-state index in [2.05, 4.69) is 48.8 Å². The predicted octanol–water partition coefficient (Wildman–Crippen LogP) is 5.59. The minimum Gasteiger partial charge on any atom is -0.457 e. The maximum Gasteiger partial charge on any atom is 0.133 e. The molecule has 1 unspecified atom stereocenters. The van der Waals surface area contributed by atoms with Crippen LogP contribution in [0.25, 0.3) is 0 Å². The number of hydrogen-bond acceptors (Lipinski definition) is 2. The average molecular weight is 349 g/mol. The van der Waals surface area contributed by atoms with E-state index in [-0.39, 0.29) is 5.41 Å². The van der Waals surface area contributed by atoms with Gasteiger partial charge in [-0.3, -0.25) is 0 Å². The van der Waals surface area contributed by atoms with Crippen molar-refractivity contribution in [1.82, 2.24) is 0 Å². The van der Waals surface area contributed by atoms with Gasteiger partial charge in [0.25, 0.3) is 0 Å². The molecule has 112 valence electrons. The Bertz CT molecular complexity index is 610. The van der Waals surface area contributed by atoms with Gasteiger partial charge >= 0.3 is 0 Å². The minimum atomic E-state index is -0.577. The number of ether oxygens (including phenoxy) is 1. The van der Waals surface area contributed by atoms with E-state index >= 15 is 0 Å². The highest BCUT2D eigenvalue weighted by atomic mass is 79.9. The van der Waals surface area contributed by atoms with E-state index in [1.807, 2.05) is 30.3 Å². The summed E-state index contributed by atoms with van der Waals surface area (Å²) in [4.78, 5) is 0. The second kappa shape index (κ2) is 6.20. The molecule has 0 aromatic heterocycles. The Morgan fingerprint density at radius 3 is 2.19 bits per heavy atom. The number of rotatable bonds is 3. The topological polar surface area (TPSA) is 29.5 Å². The standard InChI is InChI=1S/C18H21BrO2/c1-12(20)16-11-14(19)7-10-17(16)21-15-8-5-13(6-9-15)18(2,3)4/h5-12,20H,1-4H3. The molecule has 0 aliphatic heterocycles. The van der Waals surface area contributed by atoms with Crippen molar-refractivity contribution < 1.29 is 9.84 Å². The van der Waals surface area contributed by atoms with Gasteiger partial charge in [0.2, 0.25) is 0 Å². The molecule has 2 nitrogen and oxygen atoms in total. The van der Waals surface area contributed by atoms with Crippen molar-refractivity contribution in [2.75, 3.05) is 0 Å². The van der Waals surface area contributed by atoms with Crippen molar-refractivity contribution >= 4 is 15.9 Å². The largest absolute Gasteiger partial charge is 0.457 e. The van der Waals surface area contributed by atoms with E-state index in [0.717, 1.165) is 15.8 Å². The summed E-state index contributed by atoms with van der Waals surface area (Å²) < 4.78 is 6.84. The smallest absolute Gasteiger partial charge is 0.133 e. The Morgan fingerprint density at radius 1 is 1.05 bits per heavy atom. The van der Waals surface area contributed by atoms with Gasteiger partial charge in [0.05, 0.1) is 6.10 Å². The van der Waals surface area contributed by atoms with Crippen LogP contribution in [0.5, 0.6) is 11.5 Å². The summed E-state index contributed by atoms with van der Waals surface area (Å²) >= 11 is 3.41. The van der Waals surface area contributed by atoms with E-state index in [0.29, 0.717) is 5.75 Å². The lowest BCUT2D eigenvalue weighted by Crippen LogP contribution is -2.10. The van der Waals surface area contributed by atoms with Gasteiger partial charge in [0.15, 0.2) is 0 Å². The molecule has 3 heteroatoms. The number of aliphatic hydroxyl groups excluding tert-OH is 1. The summed E-state index contributed by atoms with van der Waals surface area (Å²) in [6, 6.07) is 13.7. The van der Waals surface area contributed by atoms with Crippen molar-refractivity contribution in [2.24, 2.45) is 0 Å². The summed E-state index contributed by atoms with van der Waals surface area (Å²) in [5.74, 6) is 1.45. The highest BCUT2D eigenvalue weighted by Gasteiger charge is 2.14. The Kier molecular flexibility index (Phi) is 4.74.